The molecule has 114 valence electrons. The zero-order chi connectivity index (χ0) is 16.2. The fraction of sp³-hybridized carbons (Fsp3) is 0.429. The Kier molecular flexibility index (Phi) is 3.52. The Hall–Kier alpha value is -1.63. The van der Waals surface area contributed by atoms with Crippen molar-refractivity contribution in [3.63, 3.8) is 0 Å². The maximum atomic E-state index is 13.2. The van der Waals surface area contributed by atoms with Crippen LogP contribution in [0.15, 0.2) is 6.07 Å². The van der Waals surface area contributed by atoms with E-state index in [1.54, 1.807) is 20.8 Å². The monoisotopic (exact) mass is 316 g/mol. The van der Waals surface area contributed by atoms with Gasteiger partial charge in [0.2, 0.25) is 0 Å². The van der Waals surface area contributed by atoms with Gasteiger partial charge in [-0.1, -0.05) is 20.8 Å². The van der Waals surface area contributed by atoms with Gasteiger partial charge in [0.15, 0.2) is 5.78 Å². The molecule has 2 N–H and O–H groups in total. The number of ketones is 1. The molecule has 3 nitrogen and oxygen atoms in total. The minimum atomic E-state index is -4.54. The van der Waals surface area contributed by atoms with Gasteiger partial charge in [-0.05, 0) is 13.0 Å². The van der Waals surface area contributed by atoms with Crippen LogP contribution in [0.4, 0.5) is 18.9 Å². The smallest absolute Gasteiger partial charge is 0.397 e. The zero-order valence-electron chi connectivity index (χ0n) is 12.1. The second-order valence-corrected chi connectivity index (χ2v) is 6.91. The van der Waals surface area contributed by atoms with Crippen LogP contribution >= 0.6 is 11.3 Å². The number of rotatable bonds is 1. The van der Waals surface area contributed by atoms with Crippen molar-refractivity contribution in [1.82, 2.24) is 4.98 Å². The lowest BCUT2D eigenvalue weighted by molar-refractivity contribution is -0.136. The second-order valence-electron chi connectivity index (χ2n) is 5.91. The number of Topliss-reactive ketones (excluding diaryl/α,β-unsaturated/α-hetero) is 1. The average Bonchev–Trinajstić information content (AvgIpc) is 2.62. The number of hydrogen-bond donors (Lipinski definition) is 1. The van der Waals surface area contributed by atoms with Crippen molar-refractivity contribution in [3.05, 3.63) is 22.2 Å². The fourth-order valence-electron chi connectivity index (χ4n) is 1.98. The summed E-state index contributed by atoms with van der Waals surface area (Å²) in [4.78, 5) is 16.7. The predicted molar refractivity (Wildman–Crippen MR) is 77.6 cm³/mol. The number of fused-ring (bicyclic) bond motifs is 1. The number of anilines is 1. The van der Waals surface area contributed by atoms with E-state index in [-0.39, 0.29) is 32.3 Å². The second kappa shape index (κ2) is 4.69. The minimum Gasteiger partial charge on any atom is -0.397 e. The molecule has 0 amide bonds. The van der Waals surface area contributed by atoms with Crippen LogP contribution < -0.4 is 5.73 Å². The minimum absolute atomic E-state index is 0.130. The van der Waals surface area contributed by atoms with Gasteiger partial charge in [-0.25, -0.2) is 4.98 Å². The van der Waals surface area contributed by atoms with Gasteiger partial charge in [-0.3, -0.25) is 4.79 Å². The van der Waals surface area contributed by atoms with Crippen LogP contribution in [0.5, 0.6) is 0 Å². The van der Waals surface area contributed by atoms with Crippen molar-refractivity contribution in [3.8, 4) is 0 Å². The summed E-state index contributed by atoms with van der Waals surface area (Å²) in [6.45, 7) is 6.57. The van der Waals surface area contributed by atoms with Crippen LogP contribution in [0, 0.1) is 12.3 Å². The van der Waals surface area contributed by atoms with Crippen LogP contribution in [0.25, 0.3) is 10.2 Å². The van der Waals surface area contributed by atoms with Gasteiger partial charge in [0, 0.05) is 16.5 Å². The number of aryl methyl sites for hydroxylation is 1. The third kappa shape index (κ3) is 2.74. The van der Waals surface area contributed by atoms with E-state index in [1.165, 1.54) is 6.92 Å². The first-order valence-electron chi connectivity index (χ1n) is 6.24. The lowest BCUT2D eigenvalue weighted by atomic mass is 9.89. The summed E-state index contributed by atoms with van der Waals surface area (Å²) in [5, 5.41) is -0.175. The molecule has 0 saturated carbocycles. The number of aromatic nitrogens is 1. The van der Waals surface area contributed by atoms with Gasteiger partial charge in [0.05, 0.1) is 16.1 Å². The van der Waals surface area contributed by atoms with Gasteiger partial charge in [-0.15, -0.1) is 11.3 Å². The van der Waals surface area contributed by atoms with E-state index in [9.17, 15) is 18.0 Å². The molecule has 2 aromatic heterocycles. The Morgan fingerprint density at radius 3 is 2.33 bits per heavy atom. The number of thiophene rings is 1. The normalized spacial score (nSPS) is 12.9. The number of carbonyl (C=O) groups is 1. The summed E-state index contributed by atoms with van der Waals surface area (Å²) in [6, 6.07) is 0.955. The van der Waals surface area contributed by atoms with Crippen molar-refractivity contribution in [2.75, 3.05) is 5.73 Å². The SMILES string of the molecule is Cc1cc(C(F)(F)F)c2c(N)c(C(=O)C(C)(C)C)sc2n1. The number of pyridine rings is 1. The molecule has 0 aliphatic rings. The van der Waals surface area contributed by atoms with Crippen LogP contribution in [0.3, 0.4) is 0 Å². The van der Waals surface area contributed by atoms with Gasteiger partial charge < -0.3 is 5.73 Å². The van der Waals surface area contributed by atoms with Crippen LogP contribution in [0.2, 0.25) is 0 Å². The predicted octanol–water partition coefficient (Wildman–Crippen LogP) is 4.43. The summed E-state index contributed by atoms with van der Waals surface area (Å²) >= 11 is 0.918. The summed E-state index contributed by atoms with van der Waals surface area (Å²) in [7, 11) is 0. The molecule has 0 atom stereocenters. The highest BCUT2D eigenvalue weighted by molar-refractivity contribution is 7.21. The van der Waals surface area contributed by atoms with E-state index in [0.29, 0.717) is 0 Å². The highest BCUT2D eigenvalue weighted by Crippen LogP contribution is 2.43. The molecule has 0 radical (unpaired) electrons. The lowest BCUT2D eigenvalue weighted by Gasteiger charge is -2.15. The molecule has 0 fully saturated rings. The molecule has 2 rings (SSSR count). The molecule has 0 saturated heterocycles. The molecule has 0 aromatic carbocycles. The molecule has 0 bridgehead atoms. The first-order valence-corrected chi connectivity index (χ1v) is 7.06. The molecular weight excluding hydrogens is 301 g/mol. The number of hydrogen-bond acceptors (Lipinski definition) is 4. The number of nitrogen functional groups attached to an aromatic ring is 1. The maximum Gasteiger partial charge on any atom is 0.417 e. The van der Waals surface area contributed by atoms with E-state index in [2.05, 4.69) is 4.98 Å². The number of carbonyl (C=O) groups excluding carboxylic acids is 1. The van der Waals surface area contributed by atoms with E-state index in [4.69, 9.17) is 5.73 Å². The maximum absolute atomic E-state index is 13.2. The highest BCUT2D eigenvalue weighted by Gasteiger charge is 2.36. The van der Waals surface area contributed by atoms with Crippen molar-refractivity contribution < 1.29 is 18.0 Å². The van der Waals surface area contributed by atoms with Gasteiger partial charge in [0.25, 0.3) is 0 Å². The molecule has 0 aliphatic carbocycles. The van der Waals surface area contributed by atoms with Crippen molar-refractivity contribution >= 4 is 33.0 Å². The number of nitrogens with zero attached hydrogens (tertiary/aromatic N) is 1. The standard InChI is InChI=1S/C14H15F3N2OS/c1-6-5-7(14(15,16)17)8-9(18)10(21-12(8)19-6)11(20)13(2,3)4/h5H,18H2,1-4H3. The molecule has 2 heterocycles. The van der Waals surface area contributed by atoms with E-state index < -0.39 is 17.2 Å². The Morgan fingerprint density at radius 2 is 1.86 bits per heavy atom. The largest absolute Gasteiger partial charge is 0.417 e. The van der Waals surface area contributed by atoms with Gasteiger partial charge >= 0.3 is 6.18 Å². The first-order chi connectivity index (χ1) is 9.43. The first kappa shape index (κ1) is 15.8. The summed E-state index contributed by atoms with van der Waals surface area (Å²) < 4.78 is 39.5. The molecule has 2 aromatic rings. The Labute approximate surface area is 124 Å². The molecule has 21 heavy (non-hydrogen) atoms. The average molecular weight is 316 g/mol. The van der Waals surface area contributed by atoms with Crippen molar-refractivity contribution in [2.45, 2.75) is 33.9 Å². The number of alkyl halides is 3. The van der Waals surface area contributed by atoms with E-state index >= 15 is 0 Å². The Balaban J connectivity index is 2.81. The fourth-order valence-corrected chi connectivity index (χ4v) is 3.29. The van der Waals surface area contributed by atoms with Crippen LogP contribution in [-0.2, 0) is 6.18 Å². The van der Waals surface area contributed by atoms with E-state index in [0.717, 1.165) is 17.4 Å². The van der Waals surface area contributed by atoms with Crippen molar-refractivity contribution in [2.24, 2.45) is 5.41 Å². The summed E-state index contributed by atoms with van der Waals surface area (Å²) in [5.41, 5.74) is 4.38. The van der Waals surface area contributed by atoms with Gasteiger partial charge in [-0.2, -0.15) is 13.2 Å². The molecule has 0 unspecified atom stereocenters. The topological polar surface area (TPSA) is 56.0 Å². The van der Waals surface area contributed by atoms with Crippen LogP contribution in [-0.4, -0.2) is 10.8 Å². The quantitative estimate of drug-likeness (QED) is 0.792. The third-order valence-electron chi connectivity index (χ3n) is 3.02. The zero-order valence-corrected chi connectivity index (χ0v) is 12.9. The highest BCUT2D eigenvalue weighted by atomic mass is 32.1. The van der Waals surface area contributed by atoms with E-state index in [1.807, 2.05) is 0 Å². The number of halogens is 3. The summed E-state index contributed by atoms with van der Waals surface area (Å²) in [5.74, 6) is -0.284. The molecule has 7 heteroatoms. The lowest BCUT2D eigenvalue weighted by Crippen LogP contribution is -2.20. The number of nitrogens with two attached hydrogens (primary N) is 1. The third-order valence-corrected chi connectivity index (χ3v) is 4.12. The Bertz CT molecular complexity index is 726. The molecule has 0 spiro atoms. The molecule has 0 aliphatic heterocycles. The van der Waals surface area contributed by atoms with Gasteiger partial charge in [0.1, 0.15) is 4.83 Å². The van der Waals surface area contributed by atoms with Crippen LogP contribution in [0.1, 0.15) is 41.7 Å². The Morgan fingerprint density at radius 1 is 1.29 bits per heavy atom. The summed E-state index contributed by atoms with van der Waals surface area (Å²) in [6.07, 6.45) is -4.54. The van der Waals surface area contributed by atoms with Crippen molar-refractivity contribution in [1.29, 1.82) is 0 Å². The molecular formula is C14H15F3N2OS.